The first-order chi connectivity index (χ1) is 13.1. The third-order valence-electron chi connectivity index (χ3n) is 3.74. The Bertz CT molecular complexity index is 877. The molecule has 3 rings (SSSR count). The van der Waals surface area contributed by atoms with Gasteiger partial charge in [0.05, 0.1) is 5.69 Å². The summed E-state index contributed by atoms with van der Waals surface area (Å²) in [6.45, 7) is 4.88. The molecule has 2 aromatic heterocycles. The Morgan fingerprint density at radius 2 is 1.89 bits per heavy atom. The summed E-state index contributed by atoms with van der Waals surface area (Å²) in [5.74, 6) is 1.79. The lowest BCUT2D eigenvalue weighted by Gasteiger charge is -2.09. The molecule has 1 amide bonds. The molecule has 2 N–H and O–H groups in total. The lowest BCUT2D eigenvalue weighted by molar-refractivity contribution is -0.123. The summed E-state index contributed by atoms with van der Waals surface area (Å²) in [6, 6.07) is 14.9. The average Bonchev–Trinajstić information content (AvgIpc) is 3.03. The highest BCUT2D eigenvalue weighted by Gasteiger charge is 2.06. The molecule has 8 nitrogen and oxygen atoms in total. The van der Waals surface area contributed by atoms with Crippen molar-refractivity contribution in [3.8, 4) is 11.6 Å². The minimum Gasteiger partial charge on any atom is -0.484 e. The van der Waals surface area contributed by atoms with E-state index in [9.17, 15) is 4.79 Å². The number of anilines is 1. The minimum atomic E-state index is -0.174. The molecule has 0 aliphatic rings. The highest BCUT2D eigenvalue weighted by molar-refractivity contribution is 5.77. The Hall–Kier alpha value is -3.42. The first kappa shape index (κ1) is 18.4. The van der Waals surface area contributed by atoms with Gasteiger partial charge >= 0.3 is 0 Å². The third-order valence-corrected chi connectivity index (χ3v) is 3.74. The fraction of sp³-hybridized carbons (Fsp3) is 0.263. The number of aryl methyl sites for hydroxylation is 2. The normalized spacial score (nSPS) is 10.4. The Labute approximate surface area is 157 Å². The largest absolute Gasteiger partial charge is 0.484 e. The van der Waals surface area contributed by atoms with Gasteiger partial charge in [-0.3, -0.25) is 4.79 Å². The van der Waals surface area contributed by atoms with E-state index in [1.807, 2.05) is 62.4 Å². The van der Waals surface area contributed by atoms with E-state index in [0.29, 0.717) is 30.5 Å². The zero-order valence-electron chi connectivity index (χ0n) is 15.3. The van der Waals surface area contributed by atoms with Crippen molar-refractivity contribution in [2.45, 2.75) is 13.8 Å². The molecule has 2 heterocycles. The van der Waals surface area contributed by atoms with Crippen LogP contribution in [0.4, 0.5) is 5.82 Å². The lowest BCUT2D eigenvalue weighted by Crippen LogP contribution is -2.32. The number of nitrogens with one attached hydrogen (secondary N) is 2. The van der Waals surface area contributed by atoms with Crippen molar-refractivity contribution in [1.82, 2.24) is 25.3 Å². The number of hydrogen-bond donors (Lipinski definition) is 2. The predicted molar refractivity (Wildman–Crippen MR) is 102 cm³/mol. The monoisotopic (exact) mass is 366 g/mol. The maximum absolute atomic E-state index is 11.8. The minimum absolute atomic E-state index is 0.0127. The summed E-state index contributed by atoms with van der Waals surface area (Å²) in [5, 5.41) is 18.6. The molecule has 0 atom stereocenters. The summed E-state index contributed by atoms with van der Waals surface area (Å²) >= 11 is 0. The first-order valence-electron chi connectivity index (χ1n) is 8.67. The van der Waals surface area contributed by atoms with Gasteiger partial charge in [-0.25, -0.2) is 4.68 Å². The third kappa shape index (κ3) is 5.27. The first-order valence-corrected chi connectivity index (χ1v) is 8.67. The van der Waals surface area contributed by atoms with E-state index in [0.717, 1.165) is 11.4 Å². The van der Waals surface area contributed by atoms with E-state index in [1.165, 1.54) is 0 Å². The number of hydrogen-bond acceptors (Lipinski definition) is 6. The van der Waals surface area contributed by atoms with Gasteiger partial charge in [0.1, 0.15) is 11.6 Å². The zero-order chi connectivity index (χ0) is 19.1. The second-order valence-electron chi connectivity index (χ2n) is 5.99. The van der Waals surface area contributed by atoms with Crippen LogP contribution in [0.25, 0.3) is 5.82 Å². The molecule has 0 aliphatic heterocycles. The summed E-state index contributed by atoms with van der Waals surface area (Å²) in [6.07, 6.45) is 0. The zero-order valence-corrected chi connectivity index (χ0v) is 15.3. The van der Waals surface area contributed by atoms with Crippen molar-refractivity contribution < 1.29 is 9.53 Å². The van der Waals surface area contributed by atoms with Crippen molar-refractivity contribution in [3.63, 3.8) is 0 Å². The van der Waals surface area contributed by atoms with E-state index in [4.69, 9.17) is 4.74 Å². The van der Waals surface area contributed by atoms with Gasteiger partial charge in [-0.1, -0.05) is 18.2 Å². The van der Waals surface area contributed by atoms with E-state index in [2.05, 4.69) is 25.9 Å². The molecule has 0 unspecified atom stereocenters. The Morgan fingerprint density at radius 3 is 2.56 bits per heavy atom. The fourth-order valence-corrected chi connectivity index (χ4v) is 2.50. The van der Waals surface area contributed by atoms with Crippen molar-refractivity contribution in [3.05, 3.63) is 59.9 Å². The summed E-state index contributed by atoms with van der Waals surface area (Å²) in [5.41, 5.74) is 1.94. The van der Waals surface area contributed by atoms with Crippen molar-refractivity contribution in [1.29, 1.82) is 0 Å². The SMILES string of the molecule is Cc1cc(C)n(-c2ccc(NCCNC(=O)COc3ccccc3)nn2)n1. The Morgan fingerprint density at radius 1 is 1.07 bits per heavy atom. The molecule has 0 fully saturated rings. The molecule has 0 aliphatic carbocycles. The molecule has 140 valence electrons. The van der Waals surface area contributed by atoms with Gasteiger partial charge in [0.25, 0.3) is 5.91 Å². The molecular formula is C19H22N6O2. The number of rotatable bonds is 8. The van der Waals surface area contributed by atoms with Gasteiger partial charge < -0.3 is 15.4 Å². The fourth-order valence-electron chi connectivity index (χ4n) is 2.50. The summed E-state index contributed by atoms with van der Waals surface area (Å²) in [4.78, 5) is 11.8. The van der Waals surface area contributed by atoms with E-state index in [1.54, 1.807) is 4.68 Å². The van der Waals surface area contributed by atoms with Crippen LogP contribution < -0.4 is 15.4 Å². The molecule has 0 spiro atoms. The van der Waals surface area contributed by atoms with Crippen LogP contribution in [0.1, 0.15) is 11.4 Å². The van der Waals surface area contributed by atoms with Crippen LogP contribution in [-0.4, -0.2) is 45.6 Å². The van der Waals surface area contributed by atoms with E-state index >= 15 is 0 Å². The van der Waals surface area contributed by atoms with Gasteiger partial charge in [-0.2, -0.15) is 5.10 Å². The molecule has 0 saturated heterocycles. The van der Waals surface area contributed by atoms with Crippen molar-refractivity contribution in [2.75, 3.05) is 25.0 Å². The van der Waals surface area contributed by atoms with E-state index < -0.39 is 0 Å². The van der Waals surface area contributed by atoms with Crippen LogP contribution in [0.5, 0.6) is 5.75 Å². The van der Waals surface area contributed by atoms with Crippen molar-refractivity contribution in [2.24, 2.45) is 0 Å². The second-order valence-corrected chi connectivity index (χ2v) is 5.99. The Kier molecular flexibility index (Phi) is 5.98. The van der Waals surface area contributed by atoms with Crippen LogP contribution in [0, 0.1) is 13.8 Å². The van der Waals surface area contributed by atoms with Gasteiger partial charge in [-0.15, -0.1) is 10.2 Å². The standard InChI is InChI=1S/C19H22N6O2/c1-14-12-15(2)25(24-14)18-9-8-17(22-23-18)20-10-11-21-19(26)13-27-16-6-4-3-5-7-16/h3-9,12H,10-11,13H2,1-2H3,(H,20,22)(H,21,26). The van der Waals surface area contributed by atoms with Crippen LogP contribution >= 0.6 is 0 Å². The van der Waals surface area contributed by atoms with Crippen LogP contribution in [0.3, 0.4) is 0 Å². The molecular weight excluding hydrogens is 344 g/mol. The molecule has 0 radical (unpaired) electrons. The molecule has 0 bridgehead atoms. The highest BCUT2D eigenvalue weighted by Crippen LogP contribution is 2.10. The number of aromatic nitrogens is 4. The smallest absolute Gasteiger partial charge is 0.258 e. The molecule has 3 aromatic rings. The molecule has 8 heteroatoms. The molecule has 1 aromatic carbocycles. The van der Waals surface area contributed by atoms with E-state index in [-0.39, 0.29) is 12.5 Å². The number of para-hydroxylation sites is 1. The van der Waals surface area contributed by atoms with Gasteiger partial charge in [0.15, 0.2) is 12.4 Å². The highest BCUT2D eigenvalue weighted by atomic mass is 16.5. The van der Waals surface area contributed by atoms with Crippen LogP contribution in [0.15, 0.2) is 48.5 Å². The second kappa shape index (κ2) is 8.79. The van der Waals surface area contributed by atoms with Gasteiger partial charge in [0.2, 0.25) is 0 Å². The van der Waals surface area contributed by atoms with Crippen LogP contribution in [0.2, 0.25) is 0 Å². The predicted octanol–water partition coefficient (Wildman–Crippen LogP) is 1.89. The van der Waals surface area contributed by atoms with Crippen molar-refractivity contribution >= 4 is 11.7 Å². The molecule has 0 saturated carbocycles. The number of benzene rings is 1. The maximum Gasteiger partial charge on any atom is 0.258 e. The Balaban J connectivity index is 1.39. The van der Waals surface area contributed by atoms with Crippen LogP contribution in [-0.2, 0) is 4.79 Å². The number of carbonyl (C=O) groups excluding carboxylic acids is 1. The topological polar surface area (TPSA) is 94.0 Å². The number of amides is 1. The molecule has 27 heavy (non-hydrogen) atoms. The number of carbonyl (C=O) groups is 1. The quantitative estimate of drug-likeness (QED) is 0.591. The van der Waals surface area contributed by atoms with Gasteiger partial charge in [0, 0.05) is 18.8 Å². The number of nitrogens with zero attached hydrogens (tertiary/aromatic N) is 4. The number of ether oxygens (including phenoxy) is 1. The lowest BCUT2D eigenvalue weighted by atomic mass is 10.3. The van der Waals surface area contributed by atoms with Gasteiger partial charge in [-0.05, 0) is 44.2 Å². The summed E-state index contributed by atoms with van der Waals surface area (Å²) < 4.78 is 7.14. The average molecular weight is 366 g/mol. The maximum atomic E-state index is 11.8. The summed E-state index contributed by atoms with van der Waals surface area (Å²) in [7, 11) is 0.